The Kier molecular flexibility index (Phi) is 5.60. The molecular formula is C24H15N3O6. The Morgan fingerprint density at radius 3 is 2.24 bits per heavy atom. The molecule has 0 amide bonds. The number of carbonyl (C=O) groups excluding carboxylic acids is 1. The van der Waals surface area contributed by atoms with Crippen LogP contribution in [0.1, 0.15) is 15.9 Å². The molecule has 9 nitrogen and oxygen atoms in total. The molecule has 9 heteroatoms. The molecule has 0 unspecified atom stereocenters. The first kappa shape index (κ1) is 21.3. The summed E-state index contributed by atoms with van der Waals surface area (Å²) in [6, 6.07) is 18.5. The van der Waals surface area contributed by atoms with Gasteiger partial charge in [0.1, 0.15) is 0 Å². The van der Waals surface area contributed by atoms with Crippen LogP contribution in [-0.2, 0) is 0 Å². The Hall–Kier alpha value is -4.92. The van der Waals surface area contributed by atoms with E-state index < -0.39 is 21.2 Å². The number of ketones is 1. The number of benzene rings is 3. The van der Waals surface area contributed by atoms with Gasteiger partial charge in [0, 0.05) is 35.2 Å². The number of aromatic amines is 1. The highest BCUT2D eigenvalue weighted by atomic mass is 16.6. The van der Waals surface area contributed by atoms with Gasteiger partial charge in [-0.25, -0.2) is 0 Å². The highest BCUT2D eigenvalue weighted by molar-refractivity contribution is 6.15. The lowest BCUT2D eigenvalue weighted by atomic mass is 9.93. The zero-order chi connectivity index (χ0) is 23.5. The lowest BCUT2D eigenvalue weighted by molar-refractivity contribution is -0.385. The van der Waals surface area contributed by atoms with Crippen LogP contribution in [0.2, 0.25) is 0 Å². The predicted molar refractivity (Wildman–Crippen MR) is 123 cm³/mol. The molecule has 0 saturated carbocycles. The van der Waals surface area contributed by atoms with Crippen molar-refractivity contribution in [3.05, 3.63) is 121 Å². The van der Waals surface area contributed by atoms with Gasteiger partial charge in [0.2, 0.25) is 0 Å². The van der Waals surface area contributed by atoms with Gasteiger partial charge in [0.25, 0.3) is 16.9 Å². The number of aromatic nitrogens is 1. The maximum atomic E-state index is 13.1. The molecule has 1 N–H and O–H groups in total. The number of rotatable bonds is 6. The molecule has 33 heavy (non-hydrogen) atoms. The normalized spacial score (nSPS) is 11.0. The molecule has 0 spiro atoms. The van der Waals surface area contributed by atoms with E-state index in [9.17, 15) is 29.8 Å². The van der Waals surface area contributed by atoms with E-state index in [1.54, 1.807) is 36.4 Å². The molecule has 0 atom stereocenters. The topological polar surface area (TPSA) is 136 Å². The van der Waals surface area contributed by atoms with E-state index in [2.05, 4.69) is 4.98 Å². The molecule has 0 bridgehead atoms. The van der Waals surface area contributed by atoms with Crippen molar-refractivity contribution < 1.29 is 14.6 Å². The van der Waals surface area contributed by atoms with Crippen LogP contribution in [0.25, 0.3) is 28.1 Å². The Morgan fingerprint density at radius 1 is 0.848 bits per heavy atom. The van der Waals surface area contributed by atoms with E-state index in [0.29, 0.717) is 22.1 Å². The Labute approximate surface area is 185 Å². The first-order valence-electron chi connectivity index (χ1n) is 9.72. The summed E-state index contributed by atoms with van der Waals surface area (Å²) >= 11 is 0. The van der Waals surface area contributed by atoms with Crippen molar-refractivity contribution in [3.63, 3.8) is 0 Å². The van der Waals surface area contributed by atoms with Crippen molar-refractivity contribution >= 4 is 34.1 Å². The molecule has 0 saturated heterocycles. The summed E-state index contributed by atoms with van der Waals surface area (Å²) in [5.41, 5.74) is 0.438. The zero-order valence-electron chi connectivity index (χ0n) is 16.9. The van der Waals surface area contributed by atoms with Crippen LogP contribution in [0.5, 0.6) is 0 Å². The van der Waals surface area contributed by atoms with E-state index in [-0.39, 0.29) is 22.5 Å². The number of non-ortho nitro benzene ring substituents is 2. The summed E-state index contributed by atoms with van der Waals surface area (Å²) in [6.45, 7) is 0. The molecular weight excluding hydrogens is 426 g/mol. The minimum absolute atomic E-state index is 0.125. The molecule has 162 valence electrons. The van der Waals surface area contributed by atoms with Gasteiger partial charge < -0.3 is 4.98 Å². The number of fused-ring (bicyclic) bond motifs is 1. The smallest absolute Gasteiger partial charge is 0.271 e. The van der Waals surface area contributed by atoms with E-state index in [0.717, 1.165) is 0 Å². The number of pyridine rings is 1. The monoisotopic (exact) mass is 441 g/mol. The zero-order valence-corrected chi connectivity index (χ0v) is 16.9. The van der Waals surface area contributed by atoms with E-state index in [1.807, 2.05) is 0 Å². The summed E-state index contributed by atoms with van der Waals surface area (Å²) in [5, 5.41) is 22.6. The van der Waals surface area contributed by atoms with Crippen LogP contribution in [0, 0.1) is 20.2 Å². The van der Waals surface area contributed by atoms with Gasteiger partial charge >= 0.3 is 0 Å². The van der Waals surface area contributed by atoms with Crippen molar-refractivity contribution in [2.45, 2.75) is 0 Å². The number of allylic oxidation sites excluding steroid dienone is 1. The largest absolute Gasteiger partial charge is 0.321 e. The molecule has 1 heterocycles. The third-order valence-electron chi connectivity index (χ3n) is 5.03. The van der Waals surface area contributed by atoms with E-state index in [4.69, 9.17) is 0 Å². The average Bonchev–Trinajstić information content (AvgIpc) is 2.82. The third-order valence-corrected chi connectivity index (χ3v) is 5.03. The molecule has 0 radical (unpaired) electrons. The number of nitrogens with zero attached hydrogens (tertiary/aromatic N) is 2. The second-order valence-electron chi connectivity index (χ2n) is 7.11. The number of hydrogen-bond acceptors (Lipinski definition) is 6. The molecule has 0 fully saturated rings. The molecule has 0 aliphatic heterocycles. The minimum atomic E-state index is -0.699. The van der Waals surface area contributed by atoms with Crippen molar-refractivity contribution in [3.8, 4) is 11.1 Å². The second kappa shape index (κ2) is 8.67. The van der Waals surface area contributed by atoms with Gasteiger partial charge in [-0.1, -0.05) is 48.5 Å². The van der Waals surface area contributed by atoms with Crippen LogP contribution in [0.15, 0.2) is 83.7 Å². The Balaban J connectivity index is 1.88. The fourth-order valence-corrected chi connectivity index (χ4v) is 3.54. The van der Waals surface area contributed by atoms with Crippen LogP contribution in [0.3, 0.4) is 0 Å². The highest BCUT2D eigenvalue weighted by Crippen LogP contribution is 2.31. The number of H-pyrrole nitrogens is 1. The average molecular weight is 441 g/mol. The quantitative estimate of drug-likeness (QED) is 0.195. The van der Waals surface area contributed by atoms with Gasteiger partial charge in [-0.3, -0.25) is 29.8 Å². The van der Waals surface area contributed by atoms with Crippen LogP contribution in [-0.4, -0.2) is 20.6 Å². The number of nitro benzene ring substituents is 2. The fraction of sp³-hybridized carbons (Fsp3) is 0. The van der Waals surface area contributed by atoms with Gasteiger partial charge in [-0.05, 0) is 23.3 Å². The van der Waals surface area contributed by atoms with Crippen LogP contribution < -0.4 is 5.56 Å². The number of nitro groups is 2. The Bertz CT molecular complexity index is 1510. The fourth-order valence-electron chi connectivity index (χ4n) is 3.54. The third kappa shape index (κ3) is 4.28. The van der Waals surface area contributed by atoms with Crippen molar-refractivity contribution in [2.75, 3.05) is 0 Å². The maximum Gasteiger partial charge on any atom is 0.271 e. The molecule has 4 rings (SSSR count). The molecule has 0 aliphatic carbocycles. The first-order valence-corrected chi connectivity index (χ1v) is 9.72. The second-order valence-corrected chi connectivity index (χ2v) is 7.11. The lowest BCUT2D eigenvalue weighted by Crippen LogP contribution is -2.18. The summed E-state index contributed by atoms with van der Waals surface area (Å²) in [7, 11) is 0. The summed E-state index contributed by atoms with van der Waals surface area (Å²) in [6.07, 6.45) is 2.57. The molecule has 4 aromatic rings. The van der Waals surface area contributed by atoms with Crippen molar-refractivity contribution in [2.24, 2.45) is 0 Å². The minimum Gasteiger partial charge on any atom is -0.321 e. The number of carbonyl (C=O) groups is 1. The SMILES string of the molecule is O=C(C=Cc1cccc([N+](=O)[O-])c1)c1c(-c2ccccc2)c2ccc([N+](=O)[O-])cc2[nH]c1=O. The lowest BCUT2D eigenvalue weighted by Gasteiger charge is -2.11. The van der Waals surface area contributed by atoms with E-state index >= 15 is 0 Å². The Morgan fingerprint density at radius 2 is 1.55 bits per heavy atom. The first-order chi connectivity index (χ1) is 15.8. The van der Waals surface area contributed by atoms with Gasteiger partial charge in [0.05, 0.1) is 20.9 Å². The predicted octanol–water partition coefficient (Wildman–Crippen LogP) is 4.91. The highest BCUT2D eigenvalue weighted by Gasteiger charge is 2.20. The van der Waals surface area contributed by atoms with Gasteiger partial charge in [-0.15, -0.1) is 0 Å². The number of hydrogen-bond donors (Lipinski definition) is 1. The summed E-state index contributed by atoms with van der Waals surface area (Å²) < 4.78 is 0. The standard InChI is InChI=1S/C24H15N3O6/c28-21(12-9-15-5-4-8-17(13-15)26(30)31)23-22(16-6-2-1-3-7-16)19-11-10-18(27(32)33)14-20(19)25-24(23)29/h1-14H,(H,25,29). The van der Waals surface area contributed by atoms with Gasteiger partial charge in [0.15, 0.2) is 5.78 Å². The molecule has 0 aliphatic rings. The van der Waals surface area contributed by atoms with Crippen LogP contribution in [0.4, 0.5) is 11.4 Å². The van der Waals surface area contributed by atoms with Crippen molar-refractivity contribution in [1.29, 1.82) is 0 Å². The van der Waals surface area contributed by atoms with Crippen LogP contribution >= 0.6 is 0 Å². The molecule has 1 aromatic heterocycles. The maximum absolute atomic E-state index is 13.1. The van der Waals surface area contributed by atoms with E-state index in [1.165, 1.54) is 48.6 Å². The van der Waals surface area contributed by atoms with Crippen molar-refractivity contribution in [1.82, 2.24) is 4.98 Å². The summed E-state index contributed by atoms with van der Waals surface area (Å²) in [4.78, 5) is 49.6. The molecule has 3 aromatic carbocycles. The summed E-state index contributed by atoms with van der Waals surface area (Å²) in [5.74, 6) is -0.609. The number of nitrogens with one attached hydrogen (secondary N) is 1. The van der Waals surface area contributed by atoms with Gasteiger partial charge in [-0.2, -0.15) is 0 Å².